The molecule has 3 heteroatoms. The number of rotatable bonds is 2. The van der Waals surface area contributed by atoms with Gasteiger partial charge in [-0.15, -0.1) is 0 Å². The van der Waals surface area contributed by atoms with Crippen molar-refractivity contribution in [1.82, 2.24) is 5.32 Å². The van der Waals surface area contributed by atoms with E-state index in [2.05, 4.69) is 48.4 Å². The maximum Gasteiger partial charge on any atom is 0.156 e. The van der Waals surface area contributed by atoms with Crippen LogP contribution < -0.4 is 5.32 Å². The summed E-state index contributed by atoms with van der Waals surface area (Å²) >= 11 is 1.83. The fourth-order valence-electron chi connectivity index (χ4n) is 1.67. The topological polar surface area (TPSA) is 24.4 Å². The molecule has 1 aromatic carbocycles. The second-order valence-corrected chi connectivity index (χ2v) is 5.41. The van der Waals surface area contributed by atoms with Crippen molar-refractivity contribution >= 4 is 16.9 Å². The van der Waals surface area contributed by atoms with Crippen molar-refractivity contribution in [3.8, 4) is 0 Å². The number of hydrogen-bond acceptors (Lipinski definition) is 3. The molecule has 2 rings (SSSR count). The van der Waals surface area contributed by atoms with E-state index in [1.165, 1.54) is 16.9 Å². The van der Waals surface area contributed by atoms with Gasteiger partial charge in [0.2, 0.25) is 0 Å². The Morgan fingerprint density at radius 3 is 3.06 bits per heavy atom. The molecular weight excluding hydrogens is 216 g/mol. The molecule has 1 aliphatic rings. The lowest BCUT2D eigenvalue weighted by atomic mass is 10.1. The molecular formula is C13H18N2S. The summed E-state index contributed by atoms with van der Waals surface area (Å²) in [6, 6.07) is 8.59. The van der Waals surface area contributed by atoms with Crippen LogP contribution in [-0.2, 0) is 6.54 Å². The zero-order valence-corrected chi connectivity index (χ0v) is 10.7. The summed E-state index contributed by atoms with van der Waals surface area (Å²) in [7, 11) is 0. The van der Waals surface area contributed by atoms with Crippen molar-refractivity contribution in [2.45, 2.75) is 20.4 Å². The van der Waals surface area contributed by atoms with Gasteiger partial charge in [-0.05, 0) is 18.4 Å². The molecule has 0 aromatic heterocycles. The standard InChI is InChI=1S/C13H18N2S/c1-10-4-3-5-12(6-10)8-15-13-14-7-11(2)9-16-13/h3-6,11H,7-9H2,1-2H3,(H,14,15). The van der Waals surface area contributed by atoms with Crippen LogP contribution in [0.15, 0.2) is 29.3 Å². The molecule has 1 aliphatic heterocycles. The summed E-state index contributed by atoms with van der Waals surface area (Å²) in [5, 5.41) is 4.50. The number of aliphatic imine (C=N–C) groups is 1. The highest BCUT2D eigenvalue weighted by molar-refractivity contribution is 8.13. The van der Waals surface area contributed by atoms with Crippen molar-refractivity contribution < 1.29 is 0 Å². The second kappa shape index (κ2) is 5.39. The third kappa shape index (κ3) is 3.27. The third-order valence-corrected chi connectivity index (χ3v) is 3.86. The Bertz CT molecular complexity index is 387. The van der Waals surface area contributed by atoms with Gasteiger partial charge in [-0.25, -0.2) is 0 Å². The molecule has 86 valence electrons. The maximum atomic E-state index is 4.52. The van der Waals surface area contributed by atoms with Crippen molar-refractivity contribution in [3.63, 3.8) is 0 Å². The first-order chi connectivity index (χ1) is 7.74. The van der Waals surface area contributed by atoms with Crippen LogP contribution in [0.4, 0.5) is 0 Å². The van der Waals surface area contributed by atoms with Crippen molar-refractivity contribution in [2.24, 2.45) is 10.9 Å². The van der Waals surface area contributed by atoms with E-state index in [1.54, 1.807) is 0 Å². The van der Waals surface area contributed by atoms with Gasteiger partial charge in [-0.2, -0.15) is 0 Å². The van der Waals surface area contributed by atoms with E-state index < -0.39 is 0 Å². The first-order valence-corrected chi connectivity index (χ1v) is 6.69. The van der Waals surface area contributed by atoms with Crippen LogP contribution in [0.5, 0.6) is 0 Å². The first-order valence-electron chi connectivity index (χ1n) is 5.70. The normalized spacial score (nSPS) is 20.4. The van der Waals surface area contributed by atoms with Crippen molar-refractivity contribution in [1.29, 1.82) is 0 Å². The highest BCUT2D eigenvalue weighted by Crippen LogP contribution is 2.16. The van der Waals surface area contributed by atoms with E-state index in [9.17, 15) is 0 Å². The van der Waals surface area contributed by atoms with Gasteiger partial charge >= 0.3 is 0 Å². The SMILES string of the molecule is Cc1cccc(CNC2=NCC(C)CS2)c1. The molecule has 0 bridgehead atoms. The first kappa shape index (κ1) is 11.5. The average molecular weight is 234 g/mol. The van der Waals surface area contributed by atoms with Gasteiger partial charge in [0.1, 0.15) is 0 Å². The molecule has 1 unspecified atom stereocenters. The van der Waals surface area contributed by atoms with Crippen LogP contribution in [0.1, 0.15) is 18.1 Å². The van der Waals surface area contributed by atoms with E-state index in [0.29, 0.717) is 0 Å². The van der Waals surface area contributed by atoms with E-state index >= 15 is 0 Å². The number of amidine groups is 1. The summed E-state index contributed by atoms with van der Waals surface area (Å²) < 4.78 is 0. The van der Waals surface area contributed by atoms with Crippen LogP contribution in [0.2, 0.25) is 0 Å². The van der Waals surface area contributed by atoms with Gasteiger partial charge in [-0.1, -0.05) is 48.5 Å². The molecule has 0 fully saturated rings. The lowest BCUT2D eigenvalue weighted by Gasteiger charge is -2.17. The minimum atomic E-state index is 0.717. The monoisotopic (exact) mass is 234 g/mol. The zero-order valence-electron chi connectivity index (χ0n) is 9.86. The van der Waals surface area contributed by atoms with Gasteiger partial charge < -0.3 is 5.32 Å². The Kier molecular flexibility index (Phi) is 3.88. The third-order valence-electron chi connectivity index (χ3n) is 2.58. The smallest absolute Gasteiger partial charge is 0.156 e. The van der Waals surface area contributed by atoms with Crippen LogP contribution in [0.3, 0.4) is 0 Å². The van der Waals surface area contributed by atoms with Crippen molar-refractivity contribution in [2.75, 3.05) is 12.3 Å². The predicted octanol–water partition coefficient (Wildman–Crippen LogP) is 2.82. The maximum absolute atomic E-state index is 4.52. The van der Waals surface area contributed by atoms with Gasteiger partial charge in [0, 0.05) is 18.8 Å². The molecule has 1 atom stereocenters. The minimum Gasteiger partial charge on any atom is -0.361 e. The zero-order chi connectivity index (χ0) is 11.4. The van der Waals surface area contributed by atoms with E-state index in [4.69, 9.17) is 0 Å². The second-order valence-electron chi connectivity index (χ2n) is 4.40. The van der Waals surface area contributed by atoms with Crippen LogP contribution >= 0.6 is 11.8 Å². The van der Waals surface area contributed by atoms with Crippen molar-refractivity contribution in [3.05, 3.63) is 35.4 Å². The molecule has 0 saturated heterocycles. The number of nitrogens with one attached hydrogen (secondary N) is 1. The lowest BCUT2D eigenvalue weighted by molar-refractivity contribution is 0.669. The molecule has 0 amide bonds. The van der Waals surface area contributed by atoms with Crippen LogP contribution in [-0.4, -0.2) is 17.5 Å². The number of hydrogen-bond donors (Lipinski definition) is 1. The summed E-state index contributed by atoms with van der Waals surface area (Å²) in [4.78, 5) is 4.52. The highest BCUT2D eigenvalue weighted by atomic mass is 32.2. The molecule has 1 heterocycles. The number of thioether (sulfide) groups is 1. The largest absolute Gasteiger partial charge is 0.361 e. The van der Waals surface area contributed by atoms with E-state index in [-0.39, 0.29) is 0 Å². The Labute approximate surface area is 102 Å². The predicted molar refractivity (Wildman–Crippen MR) is 71.9 cm³/mol. The number of benzene rings is 1. The number of nitrogens with zero attached hydrogens (tertiary/aromatic N) is 1. The van der Waals surface area contributed by atoms with E-state index in [1.807, 2.05) is 11.8 Å². The molecule has 16 heavy (non-hydrogen) atoms. The van der Waals surface area contributed by atoms with E-state index in [0.717, 1.165) is 24.2 Å². The molecule has 0 saturated carbocycles. The summed E-state index contributed by atoms with van der Waals surface area (Å²) in [6.07, 6.45) is 0. The average Bonchev–Trinajstić information content (AvgIpc) is 2.28. The van der Waals surface area contributed by atoms with Gasteiger partial charge in [0.15, 0.2) is 5.17 Å². The molecule has 0 radical (unpaired) electrons. The lowest BCUT2D eigenvalue weighted by Crippen LogP contribution is -2.25. The molecule has 2 nitrogen and oxygen atoms in total. The summed E-state index contributed by atoms with van der Waals surface area (Å²) in [6.45, 7) is 6.21. The quantitative estimate of drug-likeness (QED) is 0.851. The Morgan fingerprint density at radius 2 is 2.38 bits per heavy atom. The van der Waals surface area contributed by atoms with Gasteiger partial charge in [0.25, 0.3) is 0 Å². The van der Waals surface area contributed by atoms with Gasteiger partial charge in [0.05, 0.1) is 0 Å². The summed E-state index contributed by atoms with van der Waals surface area (Å²) in [5.74, 6) is 1.90. The van der Waals surface area contributed by atoms with Crippen LogP contribution in [0, 0.1) is 12.8 Å². The molecule has 0 spiro atoms. The fourth-order valence-corrected chi connectivity index (χ4v) is 2.55. The molecule has 0 aliphatic carbocycles. The number of aryl methyl sites for hydroxylation is 1. The van der Waals surface area contributed by atoms with Gasteiger partial charge in [-0.3, -0.25) is 4.99 Å². The Balaban J connectivity index is 1.88. The Morgan fingerprint density at radius 1 is 1.50 bits per heavy atom. The molecule has 1 aromatic rings. The van der Waals surface area contributed by atoms with Crippen LogP contribution in [0.25, 0.3) is 0 Å². The highest BCUT2D eigenvalue weighted by Gasteiger charge is 2.11. The molecule has 1 N–H and O–H groups in total. The Hall–Kier alpha value is -0.960. The minimum absolute atomic E-state index is 0.717. The fraction of sp³-hybridized carbons (Fsp3) is 0.462. The summed E-state index contributed by atoms with van der Waals surface area (Å²) in [5.41, 5.74) is 2.63.